The van der Waals surface area contributed by atoms with Gasteiger partial charge in [-0.15, -0.1) is 0 Å². The van der Waals surface area contributed by atoms with Gasteiger partial charge in [0.25, 0.3) is 11.5 Å². The summed E-state index contributed by atoms with van der Waals surface area (Å²) < 4.78 is 11.2. The average molecular weight is 623 g/mol. The summed E-state index contributed by atoms with van der Waals surface area (Å²) in [5, 5.41) is 8.02. The maximum absolute atomic E-state index is 14.0. The van der Waals surface area contributed by atoms with Gasteiger partial charge in [-0.3, -0.25) is 28.9 Å². The van der Waals surface area contributed by atoms with Crippen LogP contribution < -0.4 is 15.8 Å². The SMILES string of the molecule is CC(=O)OCc1c(-c2cc(Nc3cc4n(n3)CCN(C3CC3)C4)c(=O)n(C)c2)ccnc1N1CCn2c(cc3c2CCCC3)C1=O. The molecule has 1 N–H and O–H groups in total. The van der Waals surface area contributed by atoms with Gasteiger partial charge in [0.05, 0.1) is 12.2 Å². The molecule has 2 aliphatic carbocycles. The molecule has 0 radical (unpaired) electrons. The highest BCUT2D eigenvalue weighted by Gasteiger charge is 2.34. The summed E-state index contributed by atoms with van der Waals surface area (Å²) in [5.41, 5.74) is 6.60. The number of esters is 1. The first-order valence-corrected chi connectivity index (χ1v) is 16.3. The van der Waals surface area contributed by atoms with Gasteiger partial charge >= 0.3 is 5.97 Å². The van der Waals surface area contributed by atoms with Crippen LogP contribution in [0, 0.1) is 0 Å². The van der Waals surface area contributed by atoms with Crippen molar-refractivity contribution in [3.8, 4) is 11.1 Å². The van der Waals surface area contributed by atoms with Crippen LogP contribution in [0.5, 0.6) is 0 Å². The Morgan fingerprint density at radius 3 is 2.74 bits per heavy atom. The predicted octanol–water partition coefficient (Wildman–Crippen LogP) is 3.77. The molecule has 0 spiro atoms. The molecule has 12 heteroatoms. The molecule has 2 aliphatic heterocycles. The number of aryl methyl sites for hydroxylation is 2. The number of hydrogen-bond donors (Lipinski definition) is 1. The highest BCUT2D eigenvalue weighted by atomic mass is 16.5. The first kappa shape index (κ1) is 28.7. The van der Waals surface area contributed by atoms with Gasteiger partial charge in [0.1, 0.15) is 23.8 Å². The predicted molar refractivity (Wildman–Crippen MR) is 172 cm³/mol. The molecule has 0 atom stereocenters. The van der Waals surface area contributed by atoms with Gasteiger partial charge in [-0.1, -0.05) is 0 Å². The molecule has 1 saturated carbocycles. The average Bonchev–Trinajstić information content (AvgIpc) is 3.72. The zero-order chi connectivity index (χ0) is 31.5. The number of nitrogens with zero attached hydrogens (tertiary/aromatic N) is 7. The molecule has 46 heavy (non-hydrogen) atoms. The highest BCUT2D eigenvalue weighted by molar-refractivity contribution is 6.06. The van der Waals surface area contributed by atoms with E-state index >= 15 is 0 Å². The number of rotatable bonds is 7. The zero-order valence-electron chi connectivity index (χ0n) is 26.3. The van der Waals surface area contributed by atoms with E-state index in [-0.39, 0.29) is 18.1 Å². The van der Waals surface area contributed by atoms with Crippen LogP contribution in [0.15, 0.2) is 41.5 Å². The van der Waals surface area contributed by atoms with Crippen molar-refractivity contribution in [1.29, 1.82) is 0 Å². The van der Waals surface area contributed by atoms with E-state index in [1.807, 2.05) is 22.9 Å². The monoisotopic (exact) mass is 622 g/mol. The zero-order valence-corrected chi connectivity index (χ0v) is 26.3. The Hall–Kier alpha value is -4.71. The fourth-order valence-corrected chi connectivity index (χ4v) is 7.33. The van der Waals surface area contributed by atoms with Gasteiger partial charge < -0.3 is 19.2 Å². The Labute approximate surface area is 266 Å². The third kappa shape index (κ3) is 5.10. The molecule has 4 aromatic rings. The number of carbonyl (C=O) groups is 2. The lowest BCUT2D eigenvalue weighted by Gasteiger charge is -2.31. The van der Waals surface area contributed by atoms with E-state index in [2.05, 4.69) is 19.8 Å². The Kier molecular flexibility index (Phi) is 7.04. The third-order valence-electron chi connectivity index (χ3n) is 9.78. The Balaban J connectivity index is 1.14. The quantitative estimate of drug-likeness (QED) is 0.310. The number of fused-ring (bicyclic) bond motifs is 4. The van der Waals surface area contributed by atoms with Crippen LogP contribution in [0.3, 0.4) is 0 Å². The number of anilines is 3. The van der Waals surface area contributed by atoms with Crippen LogP contribution in [0.25, 0.3) is 11.1 Å². The maximum atomic E-state index is 14.0. The number of ether oxygens (including phenoxy) is 1. The molecule has 0 bridgehead atoms. The molecule has 0 aromatic carbocycles. The summed E-state index contributed by atoms with van der Waals surface area (Å²) in [7, 11) is 1.71. The number of hydrogen-bond acceptors (Lipinski definition) is 8. The topological polar surface area (TPSA) is 120 Å². The number of nitrogens with one attached hydrogen (secondary N) is 1. The van der Waals surface area contributed by atoms with Crippen molar-refractivity contribution in [2.75, 3.05) is 23.3 Å². The fraction of sp³-hybridized carbons (Fsp3) is 0.441. The molecule has 0 saturated heterocycles. The Bertz CT molecular complexity index is 1930. The lowest BCUT2D eigenvalue weighted by Crippen LogP contribution is -2.41. The van der Waals surface area contributed by atoms with Crippen molar-refractivity contribution in [2.24, 2.45) is 7.05 Å². The Morgan fingerprint density at radius 1 is 1.07 bits per heavy atom. The van der Waals surface area contributed by atoms with Gasteiger partial charge in [-0.05, 0) is 67.9 Å². The van der Waals surface area contributed by atoms with Crippen molar-refractivity contribution < 1.29 is 14.3 Å². The molecule has 12 nitrogen and oxygen atoms in total. The highest BCUT2D eigenvalue weighted by Crippen LogP contribution is 2.35. The first-order valence-electron chi connectivity index (χ1n) is 16.3. The molecule has 6 heterocycles. The van der Waals surface area contributed by atoms with Crippen molar-refractivity contribution in [3.63, 3.8) is 0 Å². The molecule has 8 rings (SSSR count). The third-order valence-corrected chi connectivity index (χ3v) is 9.78. The summed E-state index contributed by atoms with van der Waals surface area (Å²) in [6.45, 7) is 5.11. The van der Waals surface area contributed by atoms with Gasteiger partial charge in [0.15, 0.2) is 5.82 Å². The minimum absolute atomic E-state index is 0.0635. The van der Waals surface area contributed by atoms with Gasteiger partial charge in [-0.25, -0.2) is 4.98 Å². The van der Waals surface area contributed by atoms with E-state index in [4.69, 9.17) is 9.84 Å². The van der Waals surface area contributed by atoms with Gasteiger partial charge in [0, 0.05) is 81.5 Å². The lowest BCUT2D eigenvalue weighted by molar-refractivity contribution is -0.142. The molecule has 238 valence electrons. The minimum Gasteiger partial charge on any atom is -0.461 e. The molecule has 1 amide bonds. The summed E-state index contributed by atoms with van der Waals surface area (Å²) in [5.74, 6) is 0.543. The van der Waals surface area contributed by atoms with E-state index in [1.165, 1.54) is 35.6 Å². The summed E-state index contributed by atoms with van der Waals surface area (Å²) in [4.78, 5) is 48.2. The summed E-state index contributed by atoms with van der Waals surface area (Å²) in [6.07, 6.45) is 10.2. The second kappa shape index (κ2) is 11.3. The van der Waals surface area contributed by atoms with Crippen molar-refractivity contribution in [1.82, 2.24) is 28.8 Å². The standard InChI is InChI=1S/C34H38N8O4/c1-21(43)46-20-27-26(9-10-35-32(27)41-13-12-40-29-6-4-3-5-22(29)16-30(40)34(41)45)23-15-28(33(44)38(2)18-23)36-31-17-25-19-39(24-7-8-24)11-14-42(25)37-31/h9-10,15-18,24H,3-8,11-14,19-20H2,1-2H3,(H,36,37). The maximum Gasteiger partial charge on any atom is 0.302 e. The Morgan fingerprint density at radius 2 is 1.91 bits per heavy atom. The van der Waals surface area contributed by atoms with Crippen molar-refractivity contribution in [2.45, 2.75) is 77.7 Å². The van der Waals surface area contributed by atoms with Gasteiger partial charge in [-0.2, -0.15) is 5.10 Å². The van der Waals surface area contributed by atoms with Crippen LogP contribution in [0.1, 0.15) is 65.6 Å². The minimum atomic E-state index is -0.431. The first-order chi connectivity index (χ1) is 22.3. The van der Waals surface area contributed by atoms with Crippen LogP contribution in [0.2, 0.25) is 0 Å². The number of amides is 1. The van der Waals surface area contributed by atoms with Crippen LogP contribution in [-0.2, 0) is 55.7 Å². The molecular formula is C34H38N8O4. The largest absolute Gasteiger partial charge is 0.461 e. The van der Waals surface area contributed by atoms with E-state index < -0.39 is 5.97 Å². The molecule has 0 unspecified atom stereocenters. The summed E-state index contributed by atoms with van der Waals surface area (Å²) in [6, 6.07) is 8.38. The number of aromatic nitrogens is 5. The number of carbonyl (C=O) groups excluding carboxylic acids is 2. The van der Waals surface area contributed by atoms with E-state index in [0.717, 1.165) is 62.1 Å². The van der Waals surface area contributed by atoms with Crippen LogP contribution in [-0.4, -0.2) is 59.8 Å². The molecular weight excluding hydrogens is 584 g/mol. The lowest BCUT2D eigenvalue weighted by atomic mass is 9.98. The van der Waals surface area contributed by atoms with Crippen LogP contribution in [0.4, 0.5) is 17.3 Å². The molecule has 4 aliphatic rings. The second-order valence-corrected chi connectivity index (χ2v) is 12.9. The normalized spacial score (nSPS) is 17.8. The van der Waals surface area contributed by atoms with E-state index in [9.17, 15) is 14.4 Å². The van der Waals surface area contributed by atoms with Crippen LogP contribution >= 0.6 is 0 Å². The molecule has 1 fully saturated rings. The van der Waals surface area contributed by atoms with Crippen molar-refractivity contribution in [3.05, 3.63) is 75.2 Å². The fourth-order valence-electron chi connectivity index (χ4n) is 7.33. The second-order valence-electron chi connectivity index (χ2n) is 12.9. The smallest absolute Gasteiger partial charge is 0.302 e. The van der Waals surface area contributed by atoms with E-state index in [0.29, 0.717) is 47.7 Å². The number of pyridine rings is 2. The van der Waals surface area contributed by atoms with Gasteiger partial charge in [0.2, 0.25) is 0 Å². The summed E-state index contributed by atoms with van der Waals surface area (Å²) >= 11 is 0. The van der Waals surface area contributed by atoms with E-state index in [1.54, 1.807) is 30.4 Å². The van der Waals surface area contributed by atoms with Crippen molar-refractivity contribution >= 4 is 29.2 Å². The molecule has 4 aromatic heterocycles.